The number of ether oxygens (including phenoxy) is 1. The molecule has 0 saturated heterocycles. The van der Waals surface area contributed by atoms with E-state index in [-0.39, 0.29) is 12.5 Å². The zero-order valence-corrected chi connectivity index (χ0v) is 13.2. The molecule has 0 fully saturated rings. The first-order valence-corrected chi connectivity index (χ1v) is 7.22. The molecule has 0 aliphatic carbocycles. The SMILES string of the molecule is COC(=O)c1cc(C)sc1NC(=O)Cn1nc(C)cc1C. The van der Waals surface area contributed by atoms with Gasteiger partial charge in [0.05, 0.1) is 18.4 Å². The number of methoxy groups -OCH3 is 1. The first kappa shape index (κ1) is 15.2. The van der Waals surface area contributed by atoms with Crippen LogP contribution < -0.4 is 5.32 Å². The van der Waals surface area contributed by atoms with Crippen LogP contribution >= 0.6 is 11.3 Å². The van der Waals surface area contributed by atoms with E-state index in [0.717, 1.165) is 16.3 Å². The van der Waals surface area contributed by atoms with Gasteiger partial charge in [-0.15, -0.1) is 11.3 Å². The first-order chi connectivity index (χ1) is 9.90. The summed E-state index contributed by atoms with van der Waals surface area (Å²) in [5.74, 6) is -0.686. The summed E-state index contributed by atoms with van der Waals surface area (Å²) in [6.07, 6.45) is 0. The van der Waals surface area contributed by atoms with E-state index in [1.165, 1.54) is 18.4 Å². The summed E-state index contributed by atoms with van der Waals surface area (Å²) in [5.41, 5.74) is 2.16. The highest BCUT2D eigenvalue weighted by Crippen LogP contribution is 2.28. The lowest BCUT2D eigenvalue weighted by Crippen LogP contribution is -2.21. The maximum Gasteiger partial charge on any atom is 0.340 e. The third-order valence-electron chi connectivity index (χ3n) is 2.91. The Kier molecular flexibility index (Phi) is 4.42. The van der Waals surface area contributed by atoms with Crippen LogP contribution in [0, 0.1) is 20.8 Å². The molecule has 0 unspecified atom stereocenters. The van der Waals surface area contributed by atoms with Gasteiger partial charge in [-0.2, -0.15) is 5.10 Å². The molecule has 21 heavy (non-hydrogen) atoms. The summed E-state index contributed by atoms with van der Waals surface area (Å²) < 4.78 is 6.34. The van der Waals surface area contributed by atoms with Crippen molar-refractivity contribution in [3.8, 4) is 0 Å². The molecule has 1 N–H and O–H groups in total. The van der Waals surface area contributed by atoms with Crippen molar-refractivity contribution < 1.29 is 14.3 Å². The molecular weight excluding hydrogens is 290 g/mol. The standard InChI is InChI=1S/C14H17N3O3S/c1-8-5-9(2)17(16-8)7-12(18)15-13-11(14(19)20-4)6-10(3)21-13/h5-6H,7H2,1-4H3,(H,15,18). The quantitative estimate of drug-likeness (QED) is 0.880. The number of amides is 1. The fourth-order valence-corrected chi connectivity index (χ4v) is 2.92. The highest BCUT2D eigenvalue weighted by atomic mass is 32.1. The summed E-state index contributed by atoms with van der Waals surface area (Å²) in [4.78, 5) is 24.7. The topological polar surface area (TPSA) is 73.2 Å². The average molecular weight is 307 g/mol. The van der Waals surface area contributed by atoms with Crippen molar-refractivity contribution in [3.05, 3.63) is 34.0 Å². The molecule has 0 aromatic carbocycles. The number of hydrogen-bond donors (Lipinski definition) is 1. The van der Waals surface area contributed by atoms with Crippen LogP contribution in [-0.2, 0) is 16.1 Å². The second kappa shape index (κ2) is 6.09. The fraction of sp³-hybridized carbons (Fsp3) is 0.357. The van der Waals surface area contributed by atoms with Crippen LogP contribution in [0.25, 0.3) is 0 Å². The number of carbonyl (C=O) groups excluding carboxylic acids is 2. The largest absolute Gasteiger partial charge is 0.465 e. The summed E-state index contributed by atoms with van der Waals surface area (Å²) >= 11 is 1.34. The lowest BCUT2D eigenvalue weighted by molar-refractivity contribution is -0.116. The van der Waals surface area contributed by atoms with Gasteiger partial charge in [0.2, 0.25) is 5.91 Å². The number of anilines is 1. The molecule has 2 aromatic heterocycles. The summed E-state index contributed by atoms with van der Waals surface area (Å²) in [7, 11) is 1.32. The van der Waals surface area contributed by atoms with E-state index in [9.17, 15) is 9.59 Å². The van der Waals surface area contributed by atoms with Crippen LogP contribution in [0.3, 0.4) is 0 Å². The molecule has 7 heteroatoms. The molecule has 0 radical (unpaired) electrons. The molecule has 6 nitrogen and oxygen atoms in total. The maximum atomic E-state index is 12.1. The van der Waals surface area contributed by atoms with Gasteiger partial charge >= 0.3 is 5.97 Å². The van der Waals surface area contributed by atoms with Gasteiger partial charge in [-0.1, -0.05) is 0 Å². The molecule has 0 aliphatic rings. The molecule has 2 aromatic rings. The number of hydrogen-bond acceptors (Lipinski definition) is 5. The van der Waals surface area contributed by atoms with E-state index in [2.05, 4.69) is 10.4 Å². The second-order valence-electron chi connectivity index (χ2n) is 4.72. The lowest BCUT2D eigenvalue weighted by Gasteiger charge is -2.06. The number of thiophene rings is 1. The highest BCUT2D eigenvalue weighted by Gasteiger charge is 2.17. The molecule has 2 heterocycles. The Morgan fingerprint density at radius 2 is 2.05 bits per heavy atom. The van der Waals surface area contributed by atoms with Crippen molar-refractivity contribution in [2.75, 3.05) is 12.4 Å². The van der Waals surface area contributed by atoms with Gasteiger partial charge in [0.1, 0.15) is 11.5 Å². The Hall–Kier alpha value is -2.15. The number of esters is 1. The smallest absolute Gasteiger partial charge is 0.340 e. The third kappa shape index (κ3) is 3.49. The molecular formula is C14H17N3O3S. The van der Waals surface area contributed by atoms with Crippen molar-refractivity contribution in [1.29, 1.82) is 0 Å². The molecule has 0 bridgehead atoms. The minimum Gasteiger partial charge on any atom is -0.465 e. The third-order valence-corrected chi connectivity index (χ3v) is 3.88. The number of carbonyl (C=O) groups is 2. The molecule has 2 rings (SSSR count). The van der Waals surface area contributed by atoms with Crippen molar-refractivity contribution in [1.82, 2.24) is 9.78 Å². The second-order valence-corrected chi connectivity index (χ2v) is 5.98. The van der Waals surface area contributed by atoms with Gasteiger partial charge in [-0.25, -0.2) is 4.79 Å². The highest BCUT2D eigenvalue weighted by molar-refractivity contribution is 7.16. The molecule has 0 aliphatic heterocycles. The van der Waals surface area contributed by atoms with Crippen LogP contribution in [0.2, 0.25) is 0 Å². The Labute approximate surface area is 126 Å². The Morgan fingerprint density at radius 1 is 1.33 bits per heavy atom. The van der Waals surface area contributed by atoms with E-state index in [1.54, 1.807) is 10.7 Å². The monoisotopic (exact) mass is 307 g/mol. The van der Waals surface area contributed by atoms with Gasteiger partial charge in [0.25, 0.3) is 0 Å². The number of rotatable bonds is 4. The maximum absolute atomic E-state index is 12.1. The first-order valence-electron chi connectivity index (χ1n) is 6.40. The molecule has 112 valence electrons. The molecule has 1 amide bonds. The van der Waals surface area contributed by atoms with Crippen LogP contribution in [-0.4, -0.2) is 28.8 Å². The van der Waals surface area contributed by atoms with Gasteiger partial charge in [-0.05, 0) is 32.9 Å². The molecule has 0 atom stereocenters. The van der Waals surface area contributed by atoms with Gasteiger partial charge in [0.15, 0.2) is 0 Å². The number of aryl methyl sites for hydroxylation is 3. The van der Waals surface area contributed by atoms with Crippen LogP contribution in [0.15, 0.2) is 12.1 Å². The predicted molar refractivity (Wildman–Crippen MR) is 80.7 cm³/mol. The van der Waals surface area contributed by atoms with E-state index in [0.29, 0.717) is 10.6 Å². The van der Waals surface area contributed by atoms with E-state index in [1.807, 2.05) is 26.8 Å². The number of aromatic nitrogens is 2. The van der Waals surface area contributed by atoms with Gasteiger partial charge < -0.3 is 10.1 Å². The number of nitrogens with one attached hydrogen (secondary N) is 1. The van der Waals surface area contributed by atoms with Gasteiger partial charge in [-0.3, -0.25) is 9.48 Å². The fourth-order valence-electron chi connectivity index (χ4n) is 2.01. The van der Waals surface area contributed by atoms with E-state index >= 15 is 0 Å². The van der Waals surface area contributed by atoms with Crippen molar-refractivity contribution in [3.63, 3.8) is 0 Å². The lowest BCUT2D eigenvalue weighted by atomic mass is 10.3. The Bertz CT molecular complexity index is 688. The minimum atomic E-state index is -0.458. The molecule has 0 spiro atoms. The zero-order valence-electron chi connectivity index (χ0n) is 12.4. The van der Waals surface area contributed by atoms with Crippen molar-refractivity contribution in [2.24, 2.45) is 0 Å². The summed E-state index contributed by atoms with van der Waals surface area (Å²) in [6, 6.07) is 3.61. The zero-order chi connectivity index (χ0) is 15.6. The van der Waals surface area contributed by atoms with Crippen LogP contribution in [0.4, 0.5) is 5.00 Å². The summed E-state index contributed by atoms with van der Waals surface area (Å²) in [6.45, 7) is 5.74. The average Bonchev–Trinajstić information content (AvgIpc) is 2.91. The predicted octanol–water partition coefficient (Wildman–Crippen LogP) is 2.30. The van der Waals surface area contributed by atoms with Crippen molar-refractivity contribution in [2.45, 2.75) is 27.3 Å². The molecule has 0 saturated carbocycles. The van der Waals surface area contributed by atoms with E-state index < -0.39 is 5.97 Å². The Balaban J connectivity index is 2.13. The number of nitrogens with zero attached hydrogens (tertiary/aromatic N) is 2. The summed E-state index contributed by atoms with van der Waals surface area (Å²) in [5, 5.41) is 7.49. The Morgan fingerprint density at radius 3 is 2.62 bits per heavy atom. The van der Waals surface area contributed by atoms with Crippen LogP contribution in [0.5, 0.6) is 0 Å². The minimum absolute atomic E-state index is 0.108. The van der Waals surface area contributed by atoms with Crippen LogP contribution in [0.1, 0.15) is 26.6 Å². The van der Waals surface area contributed by atoms with Gasteiger partial charge in [0, 0.05) is 10.6 Å². The van der Waals surface area contributed by atoms with E-state index in [4.69, 9.17) is 4.74 Å². The van der Waals surface area contributed by atoms with Crippen molar-refractivity contribution >= 4 is 28.2 Å². The normalized spacial score (nSPS) is 10.5.